The van der Waals surface area contributed by atoms with Gasteiger partial charge in [0.25, 0.3) is 0 Å². The molecule has 0 bridgehead atoms. The fraction of sp³-hybridized carbons (Fsp3) is 0.538. The number of carbonyl (C=O) groups is 1. The van der Waals surface area contributed by atoms with E-state index in [4.69, 9.17) is 10.5 Å². The molecule has 0 aromatic carbocycles. The average molecular weight is 286 g/mol. The summed E-state index contributed by atoms with van der Waals surface area (Å²) < 4.78 is 5.56. The maximum absolute atomic E-state index is 10.9. The molecule has 5 nitrogen and oxygen atoms in total. The Bertz CT molecular complexity index is 391. The topological polar surface area (TPSA) is 77.2 Å². The van der Waals surface area contributed by atoms with Crippen LogP contribution in [0.4, 0.5) is 0 Å². The van der Waals surface area contributed by atoms with Crippen molar-refractivity contribution in [3.63, 3.8) is 0 Å². The lowest BCUT2D eigenvalue weighted by atomic mass is 9.95. The highest BCUT2D eigenvalue weighted by molar-refractivity contribution is 5.92. The van der Waals surface area contributed by atoms with Gasteiger partial charge in [-0.1, -0.05) is 0 Å². The van der Waals surface area contributed by atoms with Gasteiger partial charge in [-0.2, -0.15) is 0 Å². The lowest BCUT2D eigenvalue weighted by molar-refractivity contribution is 0.1000. The summed E-state index contributed by atoms with van der Waals surface area (Å²) in [6.45, 7) is 2.89. The molecule has 0 spiro atoms. The summed E-state index contributed by atoms with van der Waals surface area (Å²) in [4.78, 5) is 14.9. The number of hydrogen-bond donors (Lipinski definition) is 2. The molecular weight excluding hydrogens is 266 g/mol. The monoisotopic (exact) mass is 285 g/mol. The van der Waals surface area contributed by atoms with Crippen LogP contribution in [0.5, 0.6) is 5.88 Å². The molecule has 19 heavy (non-hydrogen) atoms. The van der Waals surface area contributed by atoms with Crippen molar-refractivity contribution in [2.45, 2.75) is 19.3 Å². The first-order chi connectivity index (χ1) is 8.75. The molecule has 1 amide bonds. The highest BCUT2D eigenvalue weighted by atomic mass is 35.5. The molecule has 0 radical (unpaired) electrons. The van der Waals surface area contributed by atoms with Crippen molar-refractivity contribution in [2.75, 3.05) is 19.7 Å². The van der Waals surface area contributed by atoms with Crippen molar-refractivity contribution in [3.8, 4) is 5.88 Å². The Morgan fingerprint density at radius 1 is 1.42 bits per heavy atom. The third-order valence-electron chi connectivity index (χ3n) is 3.26. The van der Waals surface area contributed by atoms with Crippen LogP contribution >= 0.6 is 12.4 Å². The molecule has 0 aliphatic carbocycles. The fourth-order valence-electron chi connectivity index (χ4n) is 2.11. The van der Waals surface area contributed by atoms with Crippen LogP contribution in [0.2, 0.25) is 0 Å². The number of halogens is 1. The van der Waals surface area contributed by atoms with Crippen LogP contribution in [-0.4, -0.2) is 30.6 Å². The van der Waals surface area contributed by atoms with Gasteiger partial charge in [-0.3, -0.25) is 4.79 Å². The number of nitrogens with two attached hydrogens (primary N) is 1. The molecule has 3 N–H and O–H groups in total. The predicted octanol–water partition coefficient (Wildman–Crippen LogP) is 1.37. The van der Waals surface area contributed by atoms with Crippen LogP contribution in [0, 0.1) is 5.92 Å². The number of primary amides is 1. The molecule has 1 fully saturated rings. The second-order valence-electron chi connectivity index (χ2n) is 4.58. The molecule has 2 heterocycles. The maximum atomic E-state index is 10.9. The van der Waals surface area contributed by atoms with E-state index in [1.54, 1.807) is 12.1 Å². The van der Waals surface area contributed by atoms with Gasteiger partial charge in [0.2, 0.25) is 11.8 Å². The number of nitrogens with one attached hydrogen (secondary N) is 1. The number of piperidine rings is 1. The zero-order valence-corrected chi connectivity index (χ0v) is 11.6. The second kappa shape index (κ2) is 7.96. The first kappa shape index (κ1) is 15.7. The molecule has 6 heteroatoms. The number of nitrogens with zero attached hydrogens (tertiary/aromatic N) is 1. The van der Waals surface area contributed by atoms with E-state index in [-0.39, 0.29) is 12.4 Å². The summed E-state index contributed by atoms with van der Waals surface area (Å²) in [5, 5.41) is 3.34. The molecule has 1 aromatic heterocycles. The number of pyridine rings is 1. The van der Waals surface area contributed by atoms with Crippen molar-refractivity contribution in [1.29, 1.82) is 0 Å². The zero-order chi connectivity index (χ0) is 12.8. The number of rotatable bonds is 5. The lowest BCUT2D eigenvalue weighted by Gasteiger charge is -2.22. The summed E-state index contributed by atoms with van der Waals surface area (Å²) in [6.07, 6.45) is 4.94. The van der Waals surface area contributed by atoms with E-state index in [2.05, 4.69) is 10.3 Å². The van der Waals surface area contributed by atoms with Gasteiger partial charge in [0, 0.05) is 12.3 Å². The summed E-state index contributed by atoms with van der Waals surface area (Å²) in [5.41, 5.74) is 5.54. The lowest BCUT2D eigenvalue weighted by Crippen LogP contribution is -2.28. The standard InChI is InChI=1S/C13H19N3O2.ClH/c14-13(17)11-1-2-12(16-9-11)18-8-5-10-3-6-15-7-4-10;/h1-2,9-10,15H,3-8H2,(H2,14,17);1H. The van der Waals surface area contributed by atoms with Gasteiger partial charge in [-0.25, -0.2) is 4.98 Å². The zero-order valence-electron chi connectivity index (χ0n) is 10.8. The number of amides is 1. The smallest absolute Gasteiger partial charge is 0.250 e. The minimum Gasteiger partial charge on any atom is -0.478 e. The normalized spacial score (nSPS) is 15.6. The largest absolute Gasteiger partial charge is 0.478 e. The van der Waals surface area contributed by atoms with E-state index in [0.717, 1.165) is 25.4 Å². The van der Waals surface area contributed by atoms with Gasteiger partial charge >= 0.3 is 0 Å². The van der Waals surface area contributed by atoms with Crippen LogP contribution in [-0.2, 0) is 0 Å². The quantitative estimate of drug-likeness (QED) is 0.857. The Morgan fingerprint density at radius 2 is 2.16 bits per heavy atom. The predicted molar refractivity (Wildman–Crippen MR) is 75.7 cm³/mol. The van der Waals surface area contributed by atoms with Gasteiger partial charge in [0.15, 0.2) is 0 Å². The van der Waals surface area contributed by atoms with E-state index >= 15 is 0 Å². The minimum atomic E-state index is -0.469. The molecule has 106 valence electrons. The molecule has 0 saturated carbocycles. The van der Waals surface area contributed by atoms with Crippen LogP contribution in [0.1, 0.15) is 29.6 Å². The number of aromatic nitrogens is 1. The third-order valence-corrected chi connectivity index (χ3v) is 3.26. The summed E-state index contributed by atoms with van der Waals surface area (Å²) in [7, 11) is 0. The van der Waals surface area contributed by atoms with Crippen molar-refractivity contribution in [3.05, 3.63) is 23.9 Å². The molecule has 2 rings (SSSR count). The Balaban J connectivity index is 0.00000180. The van der Waals surface area contributed by atoms with Crippen LogP contribution in [0.15, 0.2) is 18.3 Å². The third kappa shape index (κ3) is 5.04. The molecule has 1 aliphatic heterocycles. The highest BCUT2D eigenvalue weighted by Gasteiger charge is 2.12. The van der Waals surface area contributed by atoms with E-state index < -0.39 is 5.91 Å². The summed E-state index contributed by atoms with van der Waals surface area (Å²) >= 11 is 0. The van der Waals surface area contributed by atoms with E-state index in [1.165, 1.54) is 19.0 Å². The van der Waals surface area contributed by atoms with Gasteiger partial charge in [0.05, 0.1) is 12.2 Å². The van der Waals surface area contributed by atoms with E-state index in [9.17, 15) is 4.79 Å². The summed E-state index contributed by atoms with van der Waals surface area (Å²) in [6, 6.07) is 3.32. The molecule has 1 saturated heterocycles. The number of carbonyl (C=O) groups excluding carboxylic acids is 1. The number of hydrogen-bond acceptors (Lipinski definition) is 4. The first-order valence-electron chi connectivity index (χ1n) is 6.35. The molecular formula is C13H20ClN3O2. The van der Waals surface area contributed by atoms with Crippen molar-refractivity contribution >= 4 is 18.3 Å². The minimum absolute atomic E-state index is 0. The molecule has 0 unspecified atom stereocenters. The second-order valence-corrected chi connectivity index (χ2v) is 4.58. The summed E-state index contributed by atoms with van der Waals surface area (Å²) in [5.74, 6) is 0.828. The molecule has 0 atom stereocenters. The van der Waals surface area contributed by atoms with Gasteiger partial charge < -0.3 is 15.8 Å². The fourth-order valence-corrected chi connectivity index (χ4v) is 2.11. The highest BCUT2D eigenvalue weighted by Crippen LogP contribution is 2.16. The van der Waals surface area contributed by atoms with Gasteiger partial charge in [-0.05, 0) is 44.3 Å². The van der Waals surface area contributed by atoms with Crippen LogP contribution in [0.25, 0.3) is 0 Å². The van der Waals surface area contributed by atoms with Crippen molar-refractivity contribution < 1.29 is 9.53 Å². The van der Waals surface area contributed by atoms with Crippen LogP contribution < -0.4 is 15.8 Å². The Morgan fingerprint density at radius 3 is 2.74 bits per heavy atom. The van der Waals surface area contributed by atoms with Gasteiger partial charge in [0.1, 0.15) is 0 Å². The van der Waals surface area contributed by atoms with E-state index in [0.29, 0.717) is 18.1 Å². The Kier molecular flexibility index (Phi) is 6.59. The molecule has 1 aromatic rings. The SMILES string of the molecule is Cl.NC(=O)c1ccc(OCCC2CCNCC2)nc1. The van der Waals surface area contributed by atoms with Crippen LogP contribution in [0.3, 0.4) is 0 Å². The first-order valence-corrected chi connectivity index (χ1v) is 6.35. The molecule has 1 aliphatic rings. The van der Waals surface area contributed by atoms with Gasteiger partial charge in [-0.15, -0.1) is 12.4 Å². The Hall–Kier alpha value is -1.33. The van der Waals surface area contributed by atoms with E-state index in [1.807, 2.05) is 0 Å². The van der Waals surface area contributed by atoms with Crippen molar-refractivity contribution in [1.82, 2.24) is 10.3 Å². The Labute approximate surface area is 119 Å². The average Bonchev–Trinajstić information content (AvgIpc) is 2.40. The van der Waals surface area contributed by atoms with Crippen molar-refractivity contribution in [2.24, 2.45) is 11.7 Å². The number of ether oxygens (including phenoxy) is 1. The maximum Gasteiger partial charge on any atom is 0.250 e.